The van der Waals surface area contributed by atoms with E-state index >= 15 is 0 Å². The Kier molecular flexibility index (Phi) is 3.22. The molecule has 0 heterocycles. The molecule has 2 rings (SSSR count). The summed E-state index contributed by atoms with van der Waals surface area (Å²) in [6, 6.07) is 5.31. The van der Waals surface area contributed by atoms with Crippen molar-refractivity contribution in [3.05, 3.63) is 34.6 Å². The molecule has 1 saturated carbocycles. The Hall–Kier alpha value is -0.600. The minimum absolute atomic E-state index is 0.0657. The van der Waals surface area contributed by atoms with Crippen LogP contribution in [0.4, 0.5) is 4.39 Å². The van der Waals surface area contributed by atoms with Crippen LogP contribution in [0.15, 0.2) is 18.2 Å². The number of benzene rings is 1. The fourth-order valence-electron chi connectivity index (χ4n) is 2.74. The van der Waals surface area contributed by atoms with Crippen LogP contribution in [0.1, 0.15) is 25.3 Å². The Morgan fingerprint density at radius 3 is 2.81 bits per heavy atom. The monoisotopic (exact) mass is 241 g/mol. The van der Waals surface area contributed by atoms with Gasteiger partial charge in [0.15, 0.2) is 0 Å². The average Bonchev–Trinajstić information content (AvgIpc) is 2.28. The van der Waals surface area contributed by atoms with Gasteiger partial charge in [0.1, 0.15) is 5.82 Å². The third kappa shape index (κ3) is 1.64. The topological polar surface area (TPSA) is 12.0 Å². The first-order valence-electron chi connectivity index (χ1n) is 5.71. The summed E-state index contributed by atoms with van der Waals surface area (Å²) in [5.41, 5.74) is 0.706. The van der Waals surface area contributed by atoms with Gasteiger partial charge in [0.05, 0.1) is 5.02 Å². The molecule has 1 nitrogen and oxygen atoms in total. The highest BCUT2D eigenvalue weighted by molar-refractivity contribution is 6.30. The highest BCUT2D eigenvalue weighted by Gasteiger charge is 2.46. The lowest BCUT2D eigenvalue weighted by molar-refractivity contribution is 0.132. The molecule has 0 saturated heterocycles. The molecule has 88 valence electrons. The molecule has 2 atom stereocenters. The van der Waals surface area contributed by atoms with E-state index in [0.717, 1.165) is 24.9 Å². The number of likely N-dealkylation sites (N-methyl/N-ethyl adjacent to an activating group) is 1. The van der Waals surface area contributed by atoms with Crippen LogP contribution in [0.25, 0.3) is 0 Å². The maximum Gasteiger partial charge on any atom is 0.145 e. The number of halogens is 2. The van der Waals surface area contributed by atoms with Crippen molar-refractivity contribution in [3.63, 3.8) is 0 Å². The molecule has 16 heavy (non-hydrogen) atoms. The quantitative estimate of drug-likeness (QED) is 0.856. The molecular formula is C13H17ClFN. The summed E-state index contributed by atoms with van der Waals surface area (Å²) in [5, 5.41) is 3.41. The van der Waals surface area contributed by atoms with E-state index in [-0.39, 0.29) is 16.3 Å². The van der Waals surface area contributed by atoms with Gasteiger partial charge in [-0.05, 0) is 37.4 Å². The highest BCUT2D eigenvalue weighted by Crippen LogP contribution is 2.49. The fraction of sp³-hybridized carbons (Fsp3) is 0.538. The maximum atomic E-state index is 14.1. The maximum absolute atomic E-state index is 14.1. The summed E-state index contributed by atoms with van der Waals surface area (Å²) in [4.78, 5) is 0. The Morgan fingerprint density at radius 2 is 2.31 bits per heavy atom. The molecule has 1 N–H and O–H groups in total. The van der Waals surface area contributed by atoms with Gasteiger partial charge in [0.25, 0.3) is 0 Å². The predicted molar refractivity (Wildman–Crippen MR) is 65.4 cm³/mol. The van der Waals surface area contributed by atoms with Gasteiger partial charge in [-0.25, -0.2) is 4.39 Å². The number of rotatable bonds is 3. The average molecular weight is 242 g/mol. The summed E-state index contributed by atoms with van der Waals surface area (Å²) in [6.45, 7) is 2.99. The molecule has 1 fully saturated rings. The van der Waals surface area contributed by atoms with Gasteiger partial charge in [-0.3, -0.25) is 0 Å². The molecule has 1 aromatic rings. The van der Waals surface area contributed by atoms with Crippen molar-refractivity contribution in [2.24, 2.45) is 5.92 Å². The van der Waals surface area contributed by atoms with E-state index in [9.17, 15) is 4.39 Å². The van der Waals surface area contributed by atoms with Crippen LogP contribution in [-0.4, -0.2) is 13.6 Å². The van der Waals surface area contributed by atoms with Crippen molar-refractivity contribution in [3.8, 4) is 0 Å². The molecule has 1 aliphatic rings. The van der Waals surface area contributed by atoms with E-state index in [4.69, 9.17) is 11.6 Å². The highest BCUT2D eigenvalue weighted by atomic mass is 35.5. The van der Waals surface area contributed by atoms with Crippen LogP contribution in [0.2, 0.25) is 5.02 Å². The lowest BCUT2D eigenvalue weighted by Crippen LogP contribution is -2.50. The zero-order valence-corrected chi connectivity index (χ0v) is 10.4. The van der Waals surface area contributed by atoms with Crippen LogP contribution < -0.4 is 5.32 Å². The van der Waals surface area contributed by atoms with Crippen molar-refractivity contribution in [1.82, 2.24) is 5.32 Å². The number of hydrogen-bond donors (Lipinski definition) is 1. The summed E-state index contributed by atoms with van der Waals surface area (Å²) < 4.78 is 14.1. The van der Waals surface area contributed by atoms with Crippen LogP contribution in [0, 0.1) is 11.7 Å². The molecule has 3 heteroatoms. The predicted octanol–water partition coefficient (Wildman–Crippen LogP) is 3.37. The van der Waals surface area contributed by atoms with Gasteiger partial charge < -0.3 is 5.32 Å². The Labute approximate surface area is 101 Å². The second kappa shape index (κ2) is 4.34. The SMILES string of the molecule is CNCC1(c2cccc(Cl)c2F)CCC1C. The molecule has 0 amide bonds. The molecule has 1 aromatic carbocycles. The second-order valence-corrected chi connectivity index (χ2v) is 5.13. The molecule has 0 bridgehead atoms. The summed E-state index contributed by atoms with van der Waals surface area (Å²) in [5.74, 6) is 0.263. The van der Waals surface area contributed by atoms with Gasteiger partial charge in [0.2, 0.25) is 0 Å². The van der Waals surface area contributed by atoms with E-state index < -0.39 is 0 Å². The Morgan fingerprint density at radius 1 is 1.56 bits per heavy atom. The van der Waals surface area contributed by atoms with E-state index in [0.29, 0.717) is 5.92 Å². The largest absolute Gasteiger partial charge is 0.319 e. The minimum atomic E-state index is -0.244. The standard InChI is InChI=1S/C13H17ClFN/c1-9-6-7-13(9,8-16-2)10-4-3-5-11(14)12(10)15/h3-5,9,16H,6-8H2,1-2H3. The van der Waals surface area contributed by atoms with E-state index in [1.807, 2.05) is 19.2 Å². The van der Waals surface area contributed by atoms with Crippen LogP contribution in [-0.2, 0) is 5.41 Å². The smallest absolute Gasteiger partial charge is 0.145 e. The zero-order valence-electron chi connectivity index (χ0n) is 9.69. The van der Waals surface area contributed by atoms with Crippen molar-refractivity contribution in [1.29, 1.82) is 0 Å². The lowest BCUT2D eigenvalue weighted by atomic mass is 9.57. The first-order valence-corrected chi connectivity index (χ1v) is 6.08. The van der Waals surface area contributed by atoms with E-state index in [1.54, 1.807) is 6.07 Å². The van der Waals surface area contributed by atoms with Crippen molar-refractivity contribution < 1.29 is 4.39 Å². The van der Waals surface area contributed by atoms with Crippen LogP contribution in [0.5, 0.6) is 0 Å². The second-order valence-electron chi connectivity index (χ2n) is 4.73. The Bertz CT molecular complexity index is 394. The minimum Gasteiger partial charge on any atom is -0.319 e. The summed E-state index contributed by atoms with van der Waals surface area (Å²) in [7, 11) is 1.91. The van der Waals surface area contributed by atoms with Gasteiger partial charge in [-0.2, -0.15) is 0 Å². The van der Waals surface area contributed by atoms with Gasteiger partial charge in [0, 0.05) is 12.0 Å². The number of hydrogen-bond acceptors (Lipinski definition) is 1. The number of nitrogens with one attached hydrogen (secondary N) is 1. The van der Waals surface area contributed by atoms with Crippen LogP contribution in [0.3, 0.4) is 0 Å². The third-order valence-electron chi connectivity index (χ3n) is 3.95. The van der Waals surface area contributed by atoms with Crippen molar-refractivity contribution >= 4 is 11.6 Å². The zero-order chi connectivity index (χ0) is 11.8. The fourth-order valence-corrected chi connectivity index (χ4v) is 2.92. The van der Waals surface area contributed by atoms with Crippen LogP contribution >= 0.6 is 11.6 Å². The van der Waals surface area contributed by atoms with Gasteiger partial charge in [-0.1, -0.05) is 30.7 Å². The molecule has 0 radical (unpaired) electrons. The first kappa shape index (κ1) is 11.9. The Balaban J connectivity index is 2.44. The van der Waals surface area contributed by atoms with Crippen molar-refractivity contribution in [2.45, 2.75) is 25.2 Å². The molecule has 0 aromatic heterocycles. The third-order valence-corrected chi connectivity index (χ3v) is 4.24. The van der Waals surface area contributed by atoms with Crippen molar-refractivity contribution in [2.75, 3.05) is 13.6 Å². The summed E-state index contributed by atoms with van der Waals surface area (Å²) >= 11 is 5.85. The molecule has 1 aliphatic carbocycles. The lowest BCUT2D eigenvalue weighted by Gasteiger charge is -2.49. The van der Waals surface area contributed by atoms with E-state index in [1.165, 1.54) is 0 Å². The van der Waals surface area contributed by atoms with E-state index in [2.05, 4.69) is 12.2 Å². The van der Waals surface area contributed by atoms with Gasteiger partial charge >= 0.3 is 0 Å². The van der Waals surface area contributed by atoms with Gasteiger partial charge in [-0.15, -0.1) is 0 Å². The molecule has 0 aliphatic heterocycles. The molecular weight excluding hydrogens is 225 g/mol. The normalized spacial score (nSPS) is 28.9. The summed E-state index contributed by atoms with van der Waals surface area (Å²) in [6.07, 6.45) is 2.19. The molecule has 0 spiro atoms. The molecule has 2 unspecified atom stereocenters. The first-order chi connectivity index (χ1) is 7.62.